The number of fused-ring (bicyclic) bond motifs is 1. The number of amides is 1. The molecule has 0 atom stereocenters. The van der Waals surface area contributed by atoms with Gasteiger partial charge in [0.25, 0.3) is 5.91 Å². The number of hydrogen-bond acceptors (Lipinski definition) is 7. The van der Waals surface area contributed by atoms with E-state index in [0.717, 1.165) is 44.7 Å². The van der Waals surface area contributed by atoms with Gasteiger partial charge in [0, 0.05) is 41.5 Å². The monoisotopic (exact) mass is 512 g/mol. The van der Waals surface area contributed by atoms with Gasteiger partial charge < -0.3 is 15.2 Å². The fraction of sp³-hybridized carbons (Fsp3) is 0.179. The molecule has 0 fully saturated rings. The summed E-state index contributed by atoms with van der Waals surface area (Å²) in [5.41, 5.74) is 6.26. The van der Waals surface area contributed by atoms with Crippen molar-refractivity contribution in [3.8, 4) is 11.1 Å². The zero-order chi connectivity index (χ0) is 25.9. The van der Waals surface area contributed by atoms with Crippen LogP contribution in [-0.2, 0) is 13.1 Å². The van der Waals surface area contributed by atoms with Gasteiger partial charge in [-0.2, -0.15) is 0 Å². The lowest BCUT2D eigenvalue weighted by atomic mass is 10.0. The van der Waals surface area contributed by atoms with Crippen molar-refractivity contribution in [1.82, 2.24) is 25.4 Å². The molecular formula is C28H25ClN6O2. The van der Waals surface area contributed by atoms with E-state index in [-0.39, 0.29) is 11.7 Å². The summed E-state index contributed by atoms with van der Waals surface area (Å²) in [6, 6.07) is 15.3. The molecule has 0 saturated heterocycles. The molecule has 37 heavy (non-hydrogen) atoms. The van der Waals surface area contributed by atoms with Crippen LogP contribution in [0.5, 0.6) is 0 Å². The molecule has 0 radical (unpaired) electrons. The Morgan fingerprint density at radius 2 is 1.89 bits per heavy atom. The zero-order valence-electron chi connectivity index (χ0n) is 20.7. The Balaban J connectivity index is 1.51. The van der Waals surface area contributed by atoms with Crippen molar-refractivity contribution in [3.63, 3.8) is 0 Å². The van der Waals surface area contributed by atoms with Crippen molar-refractivity contribution >= 4 is 34.2 Å². The molecule has 186 valence electrons. The Kier molecular flexibility index (Phi) is 6.83. The second-order valence-corrected chi connectivity index (χ2v) is 9.23. The van der Waals surface area contributed by atoms with Gasteiger partial charge in [-0.25, -0.2) is 9.97 Å². The molecule has 2 N–H and O–H groups in total. The average Bonchev–Trinajstić information content (AvgIpc) is 3.23. The van der Waals surface area contributed by atoms with E-state index in [4.69, 9.17) is 16.1 Å². The summed E-state index contributed by atoms with van der Waals surface area (Å²) in [5.74, 6) is 0.979. The Bertz CT molecular complexity index is 1590. The molecular weight excluding hydrogens is 488 g/mol. The normalized spacial score (nSPS) is 11.0. The minimum atomic E-state index is -0.370. The summed E-state index contributed by atoms with van der Waals surface area (Å²) in [6.45, 7) is 6.56. The highest BCUT2D eigenvalue weighted by Crippen LogP contribution is 2.31. The number of nitrogens with zero attached hydrogens (tertiary/aromatic N) is 4. The first-order chi connectivity index (χ1) is 17.9. The molecule has 0 saturated carbocycles. The smallest absolute Gasteiger partial charge is 0.289 e. The number of hydrogen-bond donors (Lipinski definition) is 2. The zero-order valence-corrected chi connectivity index (χ0v) is 21.4. The largest absolute Gasteiger partial charge is 0.365 e. The Labute approximate surface area is 219 Å². The number of carbonyl (C=O) groups excluding carboxylic acids is 1. The number of aromatic nitrogens is 4. The maximum absolute atomic E-state index is 13.1. The van der Waals surface area contributed by atoms with E-state index < -0.39 is 0 Å². The van der Waals surface area contributed by atoms with Crippen LogP contribution >= 0.6 is 11.6 Å². The number of aryl methyl sites for hydroxylation is 3. The topological polar surface area (TPSA) is 106 Å². The van der Waals surface area contributed by atoms with E-state index in [1.807, 2.05) is 69.3 Å². The standard InChI is InChI=1S/C28H25ClN6O2/c1-16-9-10-30-14-21(16)15-32-28(36)27-33-24-8-7-20(25-17(2)35-37-18(25)3)12-23(24)26(34-27)31-13-19-5-4-6-22(29)11-19/h4-12,14H,13,15H2,1-3H3,(H,32,36)(H,31,33,34). The van der Waals surface area contributed by atoms with Gasteiger partial charge in [-0.1, -0.05) is 35.0 Å². The first-order valence-corrected chi connectivity index (χ1v) is 12.2. The molecule has 0 aliphatic heterocycles. The lowest BCUT2D eigenvalue weighted by Crippen LogP contribution is -2.26. The summed E-state index contributed by atoms with van der Waals surface area (Å²) in [5, 5.41) is 11.8. The molecule has 3 aromatic heterocycles. The van der Waals surface area contributed by atoms with Gasteiger partial charge in [0.15, 0.2) is 0 Å². The molecule has 9 heteroatoms. The summed E-state index contributed by atoms with van der Waals surface area (Å²) in [6.07, 6.45) is 3.47. The molecule has 0 aliphatic carbocycles. The van der Waals surface area contributed by atoms with E-state index in [2.05, 4.69) is 30.7 Å². The van der Waals surface area contributed by atoms with Crippen LogP contribution in [0.25, 0.3) is 22.0 Å². The summed E-state index contributed by atoms with van der Waals surface area (Å²) < 4.78 is 5.36. The van der Waals surface area contributed by atoms with Crippen LogP contribution < -0.4 is 10.6 Å². The SMILES string of the molecule is Cc1ccncc1CNC(=O)c1nc(NCc2cccc(Cl)c2)c2cc(-c3c(C)noc3C)ccc2n1. The van der Waals surface area contributed by atoms with Gasteiger partial charge in [-0.15, -0.1) is 0 Å². The van der Waals surface area contributed by atoms with Crippen LogP contribution in [0, 0.1) is 20.8 Å². The van der Waals surface area contributed by atoms with Crippen molar-refractivity contribution in [3.05, 3.63) is 99.9 Å². The molecule has 0 unspecified atom stereocenters. The van der Waals surface area contributed by atoms with Crippen molar-refractivity contribution in [2.45, 2.75) is 33.9 Å². The van der Waals surface area contributed by atoms with Crippen LogP contribution in [0.2, 0.25) is 5.02 Å². The van der Waals surface area contributed by atoms with Crippen molar-refractivity contribution in [2.75, 3.05) is 5.32 Å². The van der Waals surface area contributed by atoms with Gasteiger partial charge in [0.05, 0.1) is 11.2 Å². The van der Waals surface area contributed by atoms with Crippen LogP contribution in [-0.4, -0.2) is 26.0 Å². The maximum atomic E-state index is 13.1. The molecule has 8 nitrogen and oxygen atoms in total. The van der Waals surface area contributed by atoms with Gasteiger partial charge in [0.1, 0.15) is 11.6 Å². The van der Waals surface area contributed by atoms with E-state index in [1.54, 1.807) is 12.4 Å². The second-order valence-electron chi connectivity index (χ2n) is 8.80. The fourth-order valence-electron chi connectivity index (χ4n) is 4.18. The molecule has 5 rings (SSSR count). The van der Waals surface area contributed by atoms with Crippen molar-refractivity contribution in [2.24, 2.45) is 0 Å². The van der Waals surface area contributed by atoms with Gasteiger partial charge in [-0.05, 0) is 73.4 Å². The first kappa shape index (κ1) is 24.4. The second kappa shape index (κ2) is 10.4. The first-order valence-electron chi connectivity index (χ1n) is 11.8. The summed E-state index contributed by atoms with van der Waals surface area (Å²) >= 11 is 6.17. The minimum absolute atomic E-state index is 0.0766. The number of rotatable bonds is 7. The quantitative estimate of drug-likeness (QED) is 0.284. The number of carbonyl (C=O) groups is 1. The van der Waals surface area contributed by atoms with Crippen LogP contribution in [0.15, 0.2) is 65.4 Å². The highest BCUT2D eigenvalue weighted by Gasteiger charge is 2.17. The molecule has 0 aliphatic rings. The summed E-state index contributed by atoms with van der Waals surface area (Å²) in [4.78, 5) is 26.4. The Morgan fingerprint density at radius 1 is 1.03 bits per heavy atom. The minimum Gasteiger partial charge on any atom is -0.365 e. The third kappa shape index (κ3) is 5.29. The molecule has 1 amide bonds. The van der Waals surface area contributed by atoms with Gasteiger partial charge in [0.2, 0.25) is 5.82 Å². The van der Waals surface area contributed by atoms with Crippen molar-refractivity contribution < 1.29 is 9.32 Å². The summed E-state index contributed by atoms with van der Waals surface area (Å²) in [7, 11) is 0. The Morgan fingerprint density at radius 3 is 2.65 bits per heavy atom. The van der Waals surface area contributed by atoms with Crippen LogP contribution in [0.3, 0.4) is 0 Å². The number of pyridine rings is 1. The third-order valence-electron chi connectivity index (χ3n) is 6.16. The lowest BCUT2D eigenvalue weighted by Gasteiger charge is -2.13. The average molecular weight is 513 g/mol. The number of benzene rings is 2. The number of nitrogens with one attached hydrogen (secondary N) is 2. The van der Waals surface area contributed by atoms with Crippen LogP contribution in [0.1, 0.15) is 38.8 Å². The van der Waals surface area contributed by atoms with E-state index in [0.29, 0.717) is 29.4 Å². The number of halogens is 1. The highest BCUT2D eigenvalue weighted by atomic mass is 35.5. The fourth-order valence-corrected chi connectivity index (χ4v) is 4.40. The number of anilines is 1. The van der Waals surface area contributed by atoms with Gasteiger partial charge in [-0.3, -0.25) is 9.78 Å². The highest BCUT2D eigenvalue weighted by molar-refractivity contribution is 6.30. The molecule has 3 heterocycles. The predicted octanol–water partition coefficient (Wildman–Crippen LogP) is 5.80. The molecule has 2 aromatic carbocycles. The molecule has 5 aromatic rings. The van der Waals surface area contributed by atoms with E-state index in [9.17, 15) is 4.79 Å². The van der Waals surface area contributed by atoms with Gasteiger partial charge >= 0.3 is 0 Å². The lowest BCUT2D eigenvalue weighted by molar-refractivity contribution is 0.0941. The van der Waals surface area contributed by atoms with Crippen molar-refractivity contribution in [1.29, 1.82) is 0 Å². The van der Waals surface area contributed by atoms with Crippen LogP contribution in [0.4, 0.5) is 5.82 Å². The molecule has 0 bridgehead atoms. The third-order valence-corrected chi connectivity index (χ3v) is 6.39. The van der Waals surface area contributed by atoms with E-state index in [1.165, 1.54) is 0 Å². The molecule has 0 spiro atoms. The maximum Gasteiger partial charge on any atom is 0.289 e. The predicted molar refractivity (Wildman–Crippen MR) is 143 cm³/mol. The Hall–Kier alpha value is -4.30. The van der Waals surface area contributed by atoms with E-state index >= 15 is 0 Å².